The zero-order valence-corrected chi connectivity index (χ0v) is 18.5. The van der Waals surface area contributed by atoms with E-state index in [1.807, 2.05) is 39.5 Å². The quantitative estimate of drug-likeness (QED) is 0.711. The summed E-state index contributed by atoms with van der Waals surface area (Å²) in [7, 11) is 0. The molecule has 0 radical (unpaired) electrons. The lowest BCUT2D eigenvalue weighted by Gasteiger charge is -2.36. The van der Waals surface area contributed by atoms with Crippen molar-refractivity contribution in [1.29, 1.82) is 0 Å². The molecule has 0 N–H and O–H groups in total. The Bertz CT molecular complexity index is 877. The Morgan fingerprint density at radius 1 is 0.933 bits per heavy atom. The minimum atomic E-state index is -0.337. The molecule has 4 amide bonds. The van der Waals surface area contributed by atoms with Gasteiger partial charge >= 0.3 is 0 Å². The Morgan fingerprint density at radius 3 is 2.07 bits per heavy atom. The molecule has 0 aliphatic carbocycles. The predicted molar refractivity (Wildman–Crippen MR) is 113 cm³/mol. The zero-order valence-electron chi connectivity index (χ0n) is 18.5. The maximum atomic E-state index is 13.0. The molecular weight excluding hydrogens is 382 g/mol. The van der Waals surface area contributed by atoms with Crippen molar-refractivity contribution in [2.24, 2.45) is 11.3 Å². The summed E-state index contributed by atoms with van der Waals surface area (Å²) < 4.78 is 0. The van der Waals surface area contributed by atoms with Crippen molar-refractivity contribution in [3.63, 3.8) is 0 Å². The number of hydrogen-bond donors (Lipinski definition) is 0. The van der Waals surface area contributed by atoms with Crippen LogP contribution in [-0.2, 0) is 4.79 Å². The van der Waals surface area contributed by atoms with Gasteiger partial charge in [-0.1, -0.05) is 34.6 Å². The summed E-state index contributed by atoms with van der Waals surface area (Å²) >= 11 is 0. The van der Waals surface area contributed by atoms with Crippen LogP contribution in [0.15, 0.2) is 18.2 Å². The van der Waals surface area contributed by atoms with Crippen molar-refractivity contribution in [3.05, 3.63) is 34.9 Å². The first-order chi connectivity index (χ1) is 14.0. The second-order valence-corrected chi connectivity index (χ2v) is 9.79. The predicted octanol–water partition coefficient (Wildman–Crippen LogP) is 2.66. The molecule has 30 heavy (non-hydrogen) atoms. The summed E-state index contributed by atoms with van der Waals surface area (Å²) in [5.41, 5.74) is 0.984. The molecule has 2 aliphatic heterocycles. The van der Waals surface area contributed by atoms with E-state index in [9.17, 15) is 19.2 Å². The summed E-state index contributed by atoms with van der Waals surface area (Å²) in [6.45, 7) is 12.3. The molecule has 0 atom stereocenters. The number of carbonyl (C=O) groups is 4. The van der Waals surface area contributed by atoms with Crippen molar-refractivity contribution in [1.82, 2.24) is 14.7 Å². The molecule has 0 aromatic heterocycles. The van der Waals surface area contributed by atoms with Crippen LogP contribution in [0.3, 0.4) is 0 Å². The van der Waals surface area contributed by atoms with Crippen molar-refractivity contribution in [2.45, 2.75) is 41.0 Å². The smallest absolute Gasteiger partial charge is 0.261 e. The highest BCUT2D eigenvalue weighted by Crippen LogP contribution is 2.26. The minimum Gasteiger partial charge on any atom is -0.339 e. The van der Waals surface area contributed by atoms with Crippen molar-refractivity contribution < 1.29 is 19.2 Å². The Kier molecular flexibility index (Phi) is 6.01. The fraction of sp³-hybridized carbons (Fsp3) is 0.565. The third-order valence-corrected chi connectivity index (χ3v) is 5.37. The van der Waals surface area contributed by atoms with E-state index >= 15 is 0 Å². The van der Waals surface area contributed by atoms with Gasteiger partial charge in [0.2, 0.25) is 5.91 Å². The van der Waals surface area contributed by atoms with E-state index in [1.54, 1.807) is 17.0 Å². The molecule has 3 rings (SSSR count). The van der Waals surface area contributed by atoms with E-state index < -0.39 is 0 Å². The lowest BCUT2D eigenvalue weighted by molar-refractivity contribution is -0.134. The maximum absolute atomic E-state index is 13.0. The summed E-state index contributed by atoms with van der Waals surface area (Å²) in [5, 5.41) is 0. The van der Waals surface area contributed by atoms with E-state index in [0.29, 0.717) is 55.8 Å². The SMILES string of the molecule is CC(C)CN1C(=O)c2ccc(C(=O)N3CCN(C(=O)CC(C)(C)C)CC3)cc2C1=O. The normalized spacial score (nSPS) is 17.1. The highest BCUT2D eigenvalue weighted by atomic mass is 16.2. The fourth-order valence-electron chi connectivity index (χ4n) is 3.86. The van der Waals surface area contributed by atoms with Gasteiger partial charge in [0, 0.05) is 44.7 Å². The molecule has 7 heteroatoms. The Balaban J connectivity index is 1.67. The summed E-state index contributed by atoms with van der Waals surface area (Å²) in [6, 6.07) is 4.73. The Morgan fingerprint density at radius 2 is 1.50 bits per heavy atom. The minimum absolute atomic E-state index is 0.0676. The van der Waals surface area contributed by atoms with Gasteiger partial charge in [-0.3, -0.25) is 24.1 Å². The van der Waals surface area contributed by atoms with Gasteiger partial charge in [0.1, 0.15) is 0 Å². The highest BCUT2D eigenvalue weighted by Gasteiger charge is 2.36. The summed E-state index contributed by atoms with van der Waals surface area (Å²) in [6.07, 6.45) is 0.481. The topological polar surface area (TPSA) is 78.0 Å². The molecule has 1 fully saturated rings. The van der Waals surface area contributed by atoms with Crippen molar-refractivity contribution >= 4 is 23.6 Å². The summed E-state index contributed by atoms with van der Waals surface area (Å²) in [5.74, 6) is -0.528. The van der Waals surface area contributed by atoms with Gasteiger partial charge in [-0.2, -0.15) is 0 Å². The number of nitrogens with zero attached hydrogens (tertiary/aromatic N) is 3. The van der Waals surface area contributed by atoms with Crippen LogP contribution < -0.4 is 0 Å². The number of carbonyl (C=O) groups excluding carboxylic acids is 4. The molecule has 0 spiro atoms. The molecule has 1 aromatic rings. The van der Waals surface area contributed by atoms with Crippen LogP contribution in [-0.4, -0.2) is 71.1 Å². The molecule has 162 valence electrons. The standard InChI is InChI=1S/C23H31N3O4/c1-15(2)14-26-21(29)17-7-6-16(12-18(17)22(26)30)20(28)25-10-8-24(9-11-25)19(27)13-23(3,4)5/h6-7,12,15H,8-11,13-14H2,1-5H3. The van der Waals surface area contributed by atoms with E-state index in [1.165, 1.54) is 11.0 Å². The van der Waals surface area contributed by atoms with Crippen LogP contribution in [0.4, 0.5) is 0 Å². The third-order valence-electron chi connectivity index (χ3n) is 5.37. The van der Waals surface area contributed by atoms with Crippen LogP contribution in [0.2, 0.25) is 0 Å². The lowest BCUT2D eigenvalue weighted by Crippen LogP contribution is -2.51. The van der Waals surface area contributed by atoms with Gasteiger partial charge in [0.05, 0.1) is 11.1 Å². The highest BCUT2D eigenvalue weighted by molar-refractivity contribution is 6.22. The molecule has 1 aromatic carbocycles. The van der Waals surface area contributed by atoms with E-state index in [4.69, 9.17) is 0 Å². The Labute approximate surface area is 178 Å². The van der Waals surface area contributed by atoms with Gasteiger partial charge in [0.25, 0.3) is 17.7 Å². The van der Waals surface area contributed by atoms with Crippen LogP contribution in [0.1, 0.15) is 72.1 Å². The molecule has 0 unspecified atom stereocenters. The fourth-order valence-corrected chi connectivity index (χ4v) is 3.86. The van der Waals surface area contributed by atoms with Gasteiger partial charge in [0.15, 0.2) is 0 Å². The van der Waals surface area contributed by atoms with Crippen LogP contribution in [0, 0.1) is 11.3 Å². The van der Waals surface area contributed by atoms with Gasteiger partial charge < -0.3 is 9.80 Å². The second kappa shape index (κ2) is 8.20. The summed E-state index contributed by atoms with van der Waals surface area (Å²) in [4.78, 5) is 55.3. The third kappa shape index (κ3) is 4.55. The number of imide groups is 1. The first-order valence-corrected chi connectivity index (χ1v) is 10.6. The van der Waals surface area contributed by atoms with Crippen LogP contribution >= 0.6 is 0 Å². The number of hydrogen-bond acceptors (Lipinski definition) is 4. The molecule has 0 saturated carbocycles. The molecule has 1 saturated heterocycles. The number of benzene rings is 1. The molecule has 2 heterocycles. The van der Waals surface area contributed by atoms with Crippen LogP contribution in [0.5, 0.6) is 0 Å². The second-order valence-electron chi connectivity index (χ2n) is 9.79. The van der Waals surface area contributed by atoms with Gasteiger partial charge in [-0.05, 0) is 29.5 Å². The number of rotatable bonds is 4. The van der Waals surface area contributed by atoms with E-state index in [-0.39, 0.29) is 35.0 Å². The van der Waals surface area contributed by atoms with Crippen molar-refractivity contribution in [2.75, 3.05) is 32.7 Å². The van der Waals surface area contributed by atoms with Crippen LogP contribution in [0.25, 0.3) is 0 Å². The lowest BCUT2D eigenvalue weighted by atomic mass is 9.91. The number of fused-ring (bicyclic) bond motifs is 1. The largest absolute Gasteiger partial charge is 0.339 e. The van der Waals surface area contributed by atoms with Crippen molar-refractivity contribution in [3.8, 4) is 0 Å². The average molecular weight is 414 g/mol. The van der Waals surface area contributed by atoms with Gasteiger partial charge in [-0.15, -0.1) is 0 Å². The first kappa shape index (κ1) is 22.0. The monoisotopic (exact) mass is 413 g/mol. The number of piperazine rings is 1. The maximum Gasteiger partial charge on any atom is 0.261 e. The van der Waals surface area contributed by atoms with Gasteiger partial charge in [-0.25, -0.2) is 0 Å². The van der Waals surface area contributed by atoms with E-state index in [0.717, 1.165) is 0 Å². The first-order valence-electron chi connectivity index (χ1n) is 10.6. The molecular formula is C23H31N3O4. The molecule has 0 bridgehead atoms. The Hall–Kier alpha value is -2.70. The number of amides is 4. The zero-order chi connectivity index (χ0) is 22.2. The van der Waals surface area contributed by atoms with E-state index in [2.05, 4.69) is 0 Å². The molecule has 2 aliphatic rings. The average Bonchev–Trinajstić information content (AvgIpc) is 2.90. The molecule has 7 nitrogen and oxygen atoms in total.